The smallest absolute Gasteiger partial charge is 0.306 e. The van der Waals surface area contributed by atoms with E-state index in [1.165, 1.54) is 0 Å². The average Bonchev–Trinajstić information content (AvgIpc) is 2.25. The Morgan fingerprint density at radius 3 is 2.53 bits per heavy atom. The largest absolute Gasteiger partial charge is 0.481 e. The Labute approximate surface area is 103 Å². The lowest BCUT2D eigenvalue weighted by Gasteiger charge is -2.28. The number of amides is 1. The van der Waals surface area contributed by atoms with Crippen LogP contribution in [-0.4, -0.2) is 23.5 Å². The highest BCUT2D eigenvalue weighted by Crippen LogP contribution is 2.29. The van der Waals surface area contributed by atoms with E-state index in [9.17, 15) is 9.59 Å². The maximum atomic E-state index is 11.5. The summed E-state index contributed by atoms with van der Waals surface area (Å²) in [5.74, 6) is -0.500. The minimum Gasteiger partial charge on any atom is -0.481 e. The Morgan fingerprint density at radius 1 is 1.29 bits per heavy atom. The quantitative estimate of drug-likeness (QED) is 0.774. The third kappa shape index (κ3) is 4.75. The van der Waals surface area contributed by atoms with E-state index in [1.54, 1.807) is 0 Å². The van der Waals surface area contributed by atoms with Gasteiger partial charge >= 0.3 is 5.97 Å². The van der Waals surface area contributed by atoms with Gasteiger partial charge in [-0.25, -0.2) is 0 Å². The first kappa shape index (κ1) is 14.0. The first-order chi connectivity index (χ1) is 8.00. The highest BCUT2D eigenvalue weighted by molar-refractivity contribution is 5.76. The Bertz CT molecular complexity index is 276. The third-order valence-electron chi connectivity index (χ3n) is 3.38. The van der Waals surface area contributed by atoms with Gasteiger partial charge in [0, 0.05) is 13.0 Å². The Kier molecular flexibility index (Phi) is 5.45. The van der Waals surface area contributed by atoms with Gasteiger partial charge in [0.2, 0.25) is 5.91 Å². The monoisotopic (exact) mass is 241 g/mol. The first-order valence-corrected chi connectivity index (χ1v) is 6.50. The number of hydrogen-bond donors (Lipinski definition) is 2. The van der Waals surface area contributed by atoms with Crippen molar-refractivity contribution < 1.29 is 14.7 Å². The zero-order chi connectivity index (χ0) is 12.8. The van der Waals surface area contributed by atoms with Crippen molar-refractivity contribution in [3.63, 3.8) is 0 Å². The van der Waals surface area contributed by atoms with Gasteiger partial charge in [-0.05, 0) is 24.7 Å². The highest BCUT2D eigenvalue weighted by Gasteiger charge is 2.30. The molecule has 17 heavy (non-hydrogen) atoms. The molecule has 1 saturated carbocycles. The molecule has 2 N–H and O–H groups in total. The molecule has 1 amide bonds. The van der Waals surface area contributed by atoms with Crippen LogP contribution in [0.15, 0.2) is 0 Å². The van der Waals surface area contributed by atoms with Gasteiger partial charge in [-0.15, -0.1) is 0 Å². The number of rotatable bonds is 5. The van der Waals surface area contributed by atoms with Crippen molar-refractivity contribution in [3.8, 4) is 0 Å². The van der Waals surface area contributed by atoms with Crippen LogP contribution in [0, 0.1) is 17.8 Å². The fourth-order valence-corrected chi connectivity index (χ4v) is 2.46. The van der Waals surface area contributed by atoms with Crippen LogP contribution >= 0.6 is 0 Å². The topological polar surface area (TPSA) is 66.4 Å². The molecule has 1 rings (SSSR count). The molecule has 1 fully saturated rings. The number of aliphatic carboxylic acids is 1. The van der Waals surface area contributed by atoms with Gasteiger partial charge in [-0.1, -0.05) is 26.7 Å². The van der Waals surface area contributed by atoms with E-state index in [-0.39, 0.29) is 17.7 Å². The summed E-state index contributed by atoms with van der Waals surface area (Å²) in [7, 11) is 0. The van der Waals surface area contributed by atoms with Crippen LogP contribution in [0.25, 0.3) is 0 Å². The van der Waals surface area contributed by atoms with Crippen LogP contribution in [-0.2, 0) is 9.59 Å². The minimum absolute atomic E-state index is 0.0368. The lowest BCUT2D eigenvalue weighted by Crippen LogP contribution is -2.37. The fourth-order valence-electron chi connectivity index (χ4n) is 2.46. The molecule has 0 spiro atoms. The number of carboxylic acid groups (broad SMARTS) is 1. The van der Waals surface area contributed by atoms with Crippen LogP contribution in [0.2, 0.25) is 0 Å². The molecule has 4 nitrogen and oxygen atoms in total. The van der Waals surface area contributed by atoms with Crippen LogP contribution < -0.4 is 5.32 Å². The van der Waals surface area contributed by atoms with Crippen molar-refractivity contribution in [2.24, 2.45) is 17.8 Å². The van der Waals surface area contributed by atoms with Crippen LogP contribution in [0.4, 0.5) is 0 Å². The molecule has 98 valence electrons. The van der Waals surface area contributed by atoms with Gasteiger partial charge in [0.25, 0.3) is 0 Å². The van der Waals surface area contributed by atoms with Crippen molar-refractivity contribution in [2.45, 2.75) is 46.0 Å². The summed E-state index contributed by atoms with van der Waals surface area (Å²) in [5, 5.41) is 12.0. The minimum atomic E-state index is -0.715. The molecule has 0 radical (unpaired) electrons. The Morgan fingerprint density at radius 2 is 1.94 bits per heavy atom. The number of carbonyl (C=O) groups is 2. The van der Waals surface area contributed by atoms with E-state index >= 15 is 0 Å². The molecule has 0 aromatic heterocycles. The van der Waals surface area contributed by atoms with E-state index in [2.05, 4.69) is 5.32 Å². The van der Waals surface area contributed by atoms with E-state index in [0.29, 0.717) is 18.9 Å². The standard InChI is InChI=1S/C13H23NO3/c1-9(2)7-12(15)14-8-10-5-3-4-6-11(10)13(16)17/h9-11H,3-8H2,1-2H3,(H,14,15)(H,16,17). The van der Waals surface area contributed by atoms with Crippen LogP contribution in [0.5, 0.6) is 0 Å². The summed E-state index contributed by atoms with van der Waals surface area (Å²) >= 11 is 0. The van der Waals surface area contributed by atoms with Crippen LogP contribution in [0.1, 0.15) is 46.0 Å². The maximum absolute atomic E-state index is 11.5. The second-order valence-electron chi connectivity index (χ2n) is 5.39. The Hall–Kier alpha value is -1.06. The van der Waals surface area contributed by atoms with Crippen molar-refractivity contribution in [1.82, 2.24) is 5.32 Å². The number of hydrogen-bond acceptors (Lipinski definition) is 2. The van der Waals surface area contributed by atoms with Gasteiger partial charge in [-0.3, -0.25) is 9.59 Å². The normalized spacial score (nSPS) is 24.6. The predicted molar refractivity (Wildman–Crippen MR) is 65.5 cm³/mol. The second-order valence-corrected chi connectivity index (χ2v) is 5.39. The predicted octanol–water partition coefficient (Wildman–Crippen LogP) is 2.04. The van der Waals surface area contributed by atoms with Crippen molar-refractivity contribution in [3.05, 3.63) is 0 Å². The summed E-state index contributed by atoms with van der Waals surface area (Å²) in [6, 6.07) is 0. The van der Waals surface area contributed by atoms with Crippen molar-refractivity contribution >= 4 is 11.9 Å². The molecule has 0 saturated heterocycles. The van der Waals surface area contributed by atoms with Gasteiger partial charge < -0.3 is 10.4 Å². The molecule has 4 heteroatoms. The molecule has 0 heterocycles. The first-order valence-electron chi connectivity index (χ1n) is 6.50. The lowest BCUT2D eigenvalue weighted by molar-refractivity contribution is -0.145. The van der Waals surface area contributed by atoms with Crippen LogP contribution in [0.3, 0.4) is 0 Å². The fraction of sp³-hybridized carbons (Fsp3) is 0.846. The zero-order valence-corrected chi connectivity index (χ0v) is 10.7. The SMILES string of the molecule is CC(C)CC(=O)NCC1CCCCC1C(=O)O. The zero-order valence-electron chi connectivity index (χ0n) is 10.7. The molecular formula is C13H23NO3. The van der Waals surface area contributed by atoms with Crippen molar-refractivity contribution in [1.29, 1.82) is 0 Å². The molecule has 2 atom stereocenters. The molecule has 0 aromatic rings. The van der Waals surface area contributed by atoms with E-state index in [1.807, 2.05) is 13.8 Å². The third-order valence-corrected chi connectivity index (χ3v) is 3.38. The summed E-state index contributed by atoms with van der Waals surface area (Å²) in [6.07, 6.45) is 4.26. The number of carbonyl (C=O) groups excluding carboxylic acids is 1. The van der Waals surface area contributed by atoms with E-state index in [0.717, 1.165) is 25.7 Å². The van der Waals surface area contributed by atoms with Gasteiger partial charge in [0.1, 0.15) is 0 Å². The summed E-state index contributed by atoms with van der Waals surface area (Å²) in [5.41, 5.74) is 0. The van der Waals surface area contributed by atoms with Gasteiger partial charge in [0.15, 0.2) is 0 Å². The van der Waals surface area contributed by atoms with Gasteiger partial charge in [0.05, 0.1) is 5.92 Å². The lowest BCUT2D eigenvalue weighted by atomic mass is 9.79. The van der Waals surface area contributed by atoms with E-state index in [4.69, 9.17) is 5.11 Å². The van der Waals surface area contributed by atoms with Gasteiger partial charge in [-0.2, -0.15) is 0 Å². The number of carboxylic acids is 1. The molecular weight excluding hydrogens is 218 g/mol. The molecule has 0 aromatic carbocycles. The van der Waals surface area contributed by atoms with Crippen molar-refractivity contribution in [2.75, 3.05) is 6.54 Å². The highest BCUT2D eigenvalue weighted by atomic mass is 16.4. The molecule has 2 unspecified atom stereocenters. The van der Waals surface area contributed by atoms with E-state index < -0.39 is 5.97 Å². The second kappa shape index (κ2) is 6.62. The number of nitrogens with one attached hydrogen (secondary N) is 1. The summed E-state index contributed by atoms with van der Waals surface area (Å²) in [4.78, 5) is 22.6. The molecule has 0 aliphatic heterocycles. The maximum Gasteiger partial charge on any atom is 0.306 e. The molecule has 0 bridgehead atoms. The molecule has 1 aliphatic rings. The molecule has 1 aliphatic carbocycles. The average molecular weight is 241 g/mol. The Balaban J connectivity index is 2.38. The summed E-state index contributed by atoms with van der Waals surface area (Å²) < 4.78 is 0. The summed E-state index contributed by atoms with van der Waals surface area (Å²) in [6.45, 7) is 4.52.